The third-order valence-corrected chi connectivity index (χ3v) is 8.73. The highest BCUT2D eigenvalue weighted by atomic mass is 32.2. The molecule has 0 bridgehead atoms. The van der Waals surface area contributed by atoms with Crippen molar-refractivity contribution in [3.63, 3.8) is 0 Å². The summed E-state index contributed by atoms with van der Waals surface area (Å²) in [5.41, 5.74) is 3.16. The van der Waals surface area contributed by atoms with Crippen molar-refractivity contribution in [1.82, 2.24) is 9.88 Å². The highest BCUT2D eigenvalue weighted by Crippen LogP contribution is 2.51. The van der Waals surface area contributed by atoms with Crippen molar-refractivity contribution in [2.45, 2.75) is 43.5 Å². The second-order valence-corrected chi connectivity index (χ2v) is 11.2. The van der Waals surface area contributed by atoms with Crippen LogP contribution < -0.4 is 14.4 Å². The average Bonchev–Trinajstić information content (AvgIpc) is 3.46. The Bertz CT molecular complexity index is 1600. The summed E-state index contributed by atoms with van der Waals surface area (Å²) in [4.78, 5) is 35.9. The maximum absolute atomic E-state index is 14.2. The topological polar surface area (TPSA) is 74.9 Å². The summed E-state index contributed by atoms with van der Waals surface area (Å²) in [7, 11) is 0. The Hall–Kier alpha value is -3.91. The summed E-state index contributed by atoms with van der Waals surface area (Å²) in [5.74, 6) is 0.968. The lowest BCUT2D eigenvalue weighted by Gasteiger charge is -2.40. The molecule has 0 saturated carbocycles. The van der Waals surface area contributed by atoms with E-state index in [1.165, 1.54) is 4.90 Å². The fraction of sp³-hybridized carbons (Fsp3) is 0.312. The van der Waals surface area contributed by atoms with Gasteiger partial charge in [-0.1, -0.05) is 31.2 Å². The van der Waals surface area contributed by atoms with E-state index in [2.05, 4.69) is 18.0 Å². The number of hydrogen-bond donors (Lipinski definition) is 1. The third kappa shape index (κ3) is 3.96. The number of rotatable bonds is 8. The number of nitrogens with zero attached hydrogens (tertiary/aromatic N) is 2. The number of fused-ring (bicyclic) bond motifs is 5. The van der Waals surface area contributed by atoms with Crippen molar-refractivity contribution < 1.29 is 19.1 Å². The first-order valence-corrected chi connectivity index (χ1v) is 15.0. The summed E-state index contributed by atoms with van der Waals surface area (Å²) < 4.78 is 11.9. The molecule has 3 amide bonds. The van der Waals surface area contributed by atoms with Gasteiger partial charge in [0, 0.05) is 28.3 Å². The van der Waals surface area contributed by atoms with Crippen LogP contribution in [-0.2, 0) is 10.3 Å². The molecule has 0 spiro atoms. The Morgan fingerprint density at radius 3 is 2.50 bits per heavy atom. The molecular formula is C32H33N3O4S. The SMILES string of the molecule is CCCOc1ccc(C2CN3C(=O)N(c4ccc(SC)cc4)C(=O)[C@]3(C)c3[nH]c4ccccc4c32)cc1OCC. The van der Waals surface area contributed by atoms with Gasteiger partial charge in [0.2, 0.25) is 0 Å². The van der Waals surface area contributed by atoms with Crippen molar-refractivity contribution in [2.75, 3.05) is 30.9 Å². The minimum atomic E-state index is -1.16. The number of H-pyrrole nitrogens is 1. The summed E-state index contributed by atoms with van der Waals surface area (Å²) >= 11 is 1.62. The van der Waals surface area contributed by atoms with Crippen LogP contribution in [0.4, 0.5) is 10.5 Å². The first-order valence-electron chi connectivity index (χ1n) is 13.7. The first kappa shape index (κ1) is 26.3. The lowest BCUT2D eigenvalue weighted by Crippen LogP contribution is -2.50. The van der Waals surface area contributed by atoms with E-state index in [1.807, 2.05) is 80.8 Å². The van der Waals surface area contributed by atoms with E-state index in [-0.39, 0.29) is 17.9 Å². The standard InChI is InChI=1S/C32H33N3O4S/c1-5-17-39-26-16-11-20(18-27(26)38-6-2)24-19-34-31(37)35(21-12-14-22(40-4)15-13-21)30(36)32(34,3)29-28(24)23-9-7-8-10-25(23)33-29/h7-16,18,24,33H,5-6,17,19H2,1-4H3/t24?,32-/m0/s1. The van der Waals surface area contributed by atoms with Gasteiger partial charge in [-0.2, -0.15) is 0 Å². The number of amides is 3. The predicted octanol–water partition coefficient (Wildman–Crippen LogP) is 6.91. The number of para-hydroxylation sites is 1. The Morgan fingerprint density at radius 1 is 1.00 bits per heavy atom. The zero-order valence-electron chi connectivity index (χ0n) is 23.2. The molecule has 4 aromatic rings. The molecule has 1 unspecified atom stereocenters. The Morgan fingerprint density at radius 2 is 1.77 bits per heavy atom. The van der Waals surface area contributed by atoms with Gasteiger partial charge in [0.05, 0.1) is 24.6 Å². The van der Waals surface area contributed by atoms with Crippen LogP contribution in [0.15, 0.2) is 71.6 Å². The second-order valence-electron chi connectivity index (χ2n) is 10.3. The number of carbonyl (C=O) groups is 2. The molecule has 7 nitrogen and oxygen atoms in total. The number of benzene rings is 3. The Labute approximate surface area is 238 Å². The van der Waals surface area contributed by atoms with E-state index in [0.717, 1.165) is 39.0 Å². The normalized spacial score (nSPS) is 20.1. The van der Waals surface area contributed by atoms with Crippen molar-refractivity contribution >= 4 is 40.3 Å². The molecule has 0 radical (unpaired) electrons. The smallest absolute Gasteiger partial charge is 0.332 e. The van der Waals surface area contributed by atoms with E-state index in [9.17, 15) is 9.59 Å². The van der Waals surface area contributed by atoms with Crippen LogP contribution >= 0.6 is 11.8 Å². The number of imide groups is 1. The van der Waals surface area contributed by atoms with Crippen LogP contribution in [0.3, 0.4) is 0 Å². The van der Waals surface area contributed by atoms with Crippen molar-refractivity contribution in [3.8, 4) is 11.5 Å². The third-order valence-electron chi connectivity index (χ3n) is 7.99. The van der Waals surface area contributed by atoms with E-state index in [1.54, 1.807) is 16.7 Å². The molecule has 40 heavy (non-hydrogen) atoms. The average molecular weight is 556 g/mol. The molecule has 8 heteroatoms. The molecule has 206 valence electrons. The van der Waals surface area contributed by atoms with Gasteiger partial charge in [0.1, 0.15) is 0 Å². The van der Waals surface area contributed by atoms with Gasteiger partial charge >= 0.3 is 6.03 Å². The molecule has 2 aliphatic heterocycles. The van der Waals surface area contributed by atoms with Gasteiger partial charge < -0.3 is 19.4 Å². The summed E-state index contributed by atoms with van der Waals surface area (Å²) in [6.07, 6.45) is 2.90. The molecule has 3 heterocycles. The maximum atomic E-state index is 14.2. The van der Waals surface area contributed by atoms with Gasteiger partial charge in [-0.15, -0.1) is 11.8 Å². The first-order chi connectivity index (χ1) is 19.4. The molecule has 1 saturated heterocycles. The van der Waals surface area contributed by atoms with E-state index < -0.39 is 5.54 Å². The number of ether oxygens (including phenoxy) is 2. The number of nitrogens with one attached hydrogen (secondary N) is 1. The number of aromatic nitrogens is 1. The van der Waals surface area contributed by atoms with Crippen LogP contribution in [0.25, 0.3) is 10.9 Å². The molecule has 0 aliphatic carbocycles. The molecule has 2 aliphatic rings. The number of hydrogen-bond acceptors (Lipinski definition) is 5. The van der Waals surface area contributed by atoms with Gasteiger partial charge in [-0.3, -0.25) is 4.79 Å². The van der Waals surface area contributed by atoms with Crippen LogP contribution in [0.5, 0.6) is 11.5 Å². The fourth-order valence-corrected chi connectivity index (χ4v) is 6.40. The number of aromatic amines is 1. The molecule has 6 rings (SSSR count). The summed E-state index contributed by atoms with van der Waals surface area (Å²) in [6.45, 7) is 7.36. The highest BCUT2D eigenvalue weighted by Gasteiger charge is 2.60. The van der Waals surface area contributed by atoms with Crippen LogP contribution in [0, 0.1) is 0 Å². The Kier molecular flexibility index (Phi) is 6.74. The monoisotopic (exact) mass is 555 g/mol. The number of urea groups is 1. The molecule has 1 N–H and O–H groups in total. The van der Waals surface area contributed by atoms with Crippen molar-refractivity contribution in [1.29, 1.82) is 0 Å². The van der Waals surface area contributed by atoms with Gasteiger partial charge in [-0.05, 0) is 80.1 Å². The lowest BCUT2D eigenvalue weighted by atomic mass is 9.78. The quantitative estimate of drug-likeness (QED) is 0.189. The minimum absolute atomic E-state index is 0.172. The van der Waals surface area contributed by atoms with E-state index in [0.29, 0.717) is 36.9 Å². The number of anilines is 1. The fourth-order valence-electron chi connectivity index (χ4n) is 5.99. The van der Waals surface area contributed by atoms with Crippen LogP contribution in [0.1, 0.15) is 49.9 Å². The molecule has 2 atom stereocenters. The number of carbonyl (C=O) groups excluding carboxylic acids is 2. The van der Waals surface area contributed by atoms with Gasteiger partial charge in [-0.25, -0.2) is 9.69 Å². The lowest BCUT2D eigenvalue weighted by molar-refractivity contribution is -0.125. The highest BCUT2D eigenvalue weighted by molar-refractivity contribution is 7.98. The van der Waals surface area contributed by atoms with Crippen molar-refractivity contribution in [3.05, 3.63) is 83.6 Å². The van der Waals surface area contributed by atoms with E-state index in [4.69, 9.17) is 9.47 Å². The van der Waals surface area contributed by atoms with Crippen molar-refractivity contribution in [2.24, 2.45) is 0 Å². The largest absolute Gasteiger partial charge is 0.490 e. The van der Waals surface area contributed by atoms with Gasteiger partial charge in [0.25, 0.3) is 5.91 Å². The summed E-state index contributed by atoms with van der Waals surface area (Å²) in [6, 6.07) is 21.4. The molecule has 1 fully saturated rings. The zero-order valence-corrected chi connectivity index (χ0v) is 24.0. The predicted molar refractivity (Wildman–Crippen MR) is 159 cm³/mol. The zero-order chi connectivity index (χ0) is 28.0. The number of thioether (sulfide) groups is 1. The second kappa shape index (κ2) is 10.2. The van der Waals surface area contributed by atoms with E-state index >= 15 is 0 Å². The molecule has 1 aromatic heterocycles. The minimum Gasteiger partial charge on any atom is -0.490 e. The summed E-state index contributed by atoms with van der Waals surface area (Å²) in [5, 5.41) is 1.05. The van der Waals surface area contributed by atoms with Crippen LogP contribution in [0.2, 0.25) is 0 Å². The maximum Gasteiger partial charge on any atom is 0.332 e. The molecular weight excluding hydrogens is 522 g/mol. The molecule has 3 aromatic carbocycles. The van der Waals surface area contributed by atoms with Gasteiger partial charge in [0.15, 0.2) is 17.0 Å². The Balaban J connectivity index is 1.50. The van der Waals surface area contributed by atoms with Crippen LogP contribution in [-0.4, -0.2) is 47.8 Å².